The average molecular weight is 298 g/mol. The summed E-state index contributed by atoms with van der Waals surface area (Å²) in [5.41, 5.74) is 4.50. The normalized spacial score (nSPS) is 8.86. The third-order valence-corrected chi connectivity index (χ3v) is 2.57. The van der Waals surface area contributed by atoms with Gasteiger partial charge in [-0.1, -0.05) is 50.2 Å². The van der Waals surface area contributed by atoms with Crippen molar-refractivity contribution >= 4 is 6.16 Å². The smallest absolute Gasteiger partial charge is 0.438 e. The summed E-state index contributed by atoms with van der Waals surface area (Å²) < 4.78 is 9.08. The second-order valence-electron chi connectivity index (χ2n) is 3.84. The molecule has 0 saturated carbocycles. The lowest BCUT2D eigenvalue weighted by atomic mass is 10.4. The minimum Gasteiger partial charge on any atom is -0.438 e. The van der Waals surface area contributed by atoms with E-state index in [4.69, 9.17) is 4.74 Å². The zero-order valence-electron chi connectivity index (χ0n) is 13.7. The van der Waals surface area contributed by atoms with Crippen LogP contribution in [0.2, 0.25) is 0 Å². The summed E-state index contributed by atoms with van der Waals surface area (Å²) in [5.74, 6) is 0. The molecule has 0 heterocycles. The second-order valence-corrected chi connectivity index (χ2v) is 3.84. The lowest BCUT2D eigenvalue weighted by Crippen LogP contribution is -2.25. The van der Waals surface area contributed by atoms with Gasteiger partial charge in [0, 0.05) is 6.54 Å². The third kappa shape index (κ3) is 16.4. The largest absolute Gasteiger partial charge is 0.507 e. The molecule has 0 saturated heterocycles. The lowest BCUT2D eigenvalue weighted by molar-refractivity contribution is 0.0694. The molecule has 1 rings (SSSR count). The Morgan fingerprint density at radius 1 is 1.00 bits per heavy atom. The van der Waals surface area contributed by atoms with Crippen LogP contribution in [0.25, 0.3) is 0 Å². The summed E-state index contributed by atoms with van der Waals surface area (Å²) in [6.45, 7) is 7.70. The van der Waals surface area contributed by atoms with Gasteiger partial charge in [-0.2, -0.15) is 0 Å². The first-order valence-electron chi connectivity index (χ1n) is 7.25. The van der Waals surface area contributed by atoms with E-state index in [1.165, 1.54) is 14.2 Å². The van der Waals surface area contributed by atoms with Gasteiger partial charge in [-0.3, -0.25) is 0 Å². The molecule has 1 aromatic rings. The summed E-state index contributed by atoms with van der Waals surface area (Å²) in [6, 6.07) is 12.0. The zero-order valence-corrected chi connectivity index (χ0v) is 13.7. The van der Waals surface area contributed by atoms with Gasteiger partial charge in [-0.15, -0.1) is 0 Å². The van der Waals surface area contributed by atoms with Gasteiger partial charge in [0.1, 0.15) is 0 Å². The van der Waals surface area contributed by atoms with Crippen molar-refractivity contribution in [2.75, 3.05) is 40.4 Å². The Bertz CT molecular complexity index is 277. The topological polar surface area (TPSA) is 64.8 Å². The van der Waals surface area contributed by atoms with Gasteiger partial charge in [0.25, 0.3) is 0 Å². The molecule has 0 bridgehead atoms. The standard InChI is InChI=1S/C9H19NO3.C6H6.CH5N/c1-4-10(5-2)7-6-8-13-9(11)12-3;1-2-4-6-5-3-1;1-2/h4-8H2,1-3H3;1-6H;2H2,1H3. The molecule has 0 fully saturated rings. The Morgan fingerprint density at radius 3 is 1.76 bits per heavy atom. The van der Waals surface area contributed by atoms with Crippen molar-refractivity contribution in [1.82, 2.24) is 4.90 Å². The summed E-state index contributed by atoms with van der Waals surface area (Å²) in [4.78, 5) is 12.8. The van der Waals surface area contributed by atoms with Crippen LogP contribution < -0.4 is 5.73 Å². The molecule has 0 aromatic heterocycles. The first-order chi connectivity index (χ1) is 10.2. The molecule has 122 valence electrons. The Morgan fingerprint density at radius 2 is 1.43 bits per heavy atom. The van der Waals surface area contributed by atoms with Crippen LogP contribution in [0.5, 0.6) is 0 Å². The number of carbonyl (C=O) groups is 1. The Labute approximate surface area is 129 Å². The van der Waals surface area contributed by atoms with Crippen molar-refractivity contribution in [3.63, 3.8) is 0 Å². The number of hydrogen-bond donors (Lipinski definition) is 1. The fourth-order valence-electron chi connectivity index (χ4n) is 1.43. The summed E-state index contributed by atoms with van der Waals surface area (Å²) in [6.07, 6.45) is 0.260. The molecule has 0 amide bonds. The minimum atomic E-state index is -0.598. The van der Waals surface area contributed by atoms with E-state index >= 15 is 0 Å². The summed E-state index contributed by atoms with van der Waals surface area (Å²) in [7, 11) is 2.81. The van der Waals surface area contributed by atoms with Gasteiger partial charge in [-0.05, 0) is 26.6 Å². The summed E-state index contributed by atoms with van der Waals surface area (Å²) >= 11 is 0. The molecule has 5 nitrogen and oxygen atoms in total. The van der Waals surface area contributed by atoms with Crippen LogP contribution in [0.1, 0.15) is 20.3 Å². The highest BCUT2D eigenvalue weighted by molar-refractivity contribution is 5.59. The van der Waals surface area contributed by atoms with Crippen molar-refractivity contribution in [3.8, 4) is 0 Å². The van der Waals surface area contributed by atoms with Gasteiger partial charge in [0.2, 0.25) is 0 Å². The number of nitrogens with two attached hydrogens (primary N) is 1. The van der Waals surface area contributed by atoms with E-state index in [2.05, 4.69) is 29.2 Å². The van der Waals surface area contributed by atoms with E-state index < -0.39 is 6.16 Å². The number of nitrogens with zero attached hydrogens (tertiary/aromatic N) is 1. The molecule has 0 aliphatic rings. The SMILES string of the molecule is CCN(CC)CCCOC(=O)OC.CN.c1ccccc1. The van der Waals surface area contributed by atoms with Gasteiger partial charge < -0.3 is 20.1 Å². The number of rotatable bonds is 6. The number of methoxy groups -OCH3 is 1. The molecule has 0 aliphatic heterocycles. The van der Waals surface area contributed by atoms with Crippen LogP contribution >= 0.6 is 0 Å². The number of carbonyl (C=O) groups excluding carboxylic acids is 1. The zero-order chi connectivity index (χ0) is 16.3. The van der Waals surface area contributed by atoms with Crippen LogP contribution in [0.15, 0.2) is 36.4 Å². The molecule has 0 atom stereocenters. The van der Waals surface area contributed by atoms with E-state index in [1.807, 2.05) is 36.4 Å². The van der Waals surface area contributed by atoms with Crippen LogP contribution in [0.3, 0.4) is 0 Å². The van der Waals surface area contributed by atoms with Gasteiger partial charge >= 0.3 is 6.16 Å². The quantitative estimate of drug-likeness (QED) is 0.646. The van der Waals surface area contributed by atoms with E-state index in [0.717, 1.165) is 26.1 Å². The lowest BCUT2D eigenvalue weighted by Gasteiger charge is -2.17. The molecule has 21 heavy (non-hydrogen) atoms. The maximum atomic E-state index is 10.5. The van der Waals surface area contributed by atoms with Gasteiger partial charge in [-0.25, -0.2) is 4.79 Å². The van der Waals surface area contributed by atoms with Crippen LogP contribution in [-0.2, 0) is 9.47 Å². The predicted octanol–water partition coefficient (Wildman–Crippen LogP) is 2.76. The molecular weight excluding hydrogens is 268 g/mol. The van der Waals surface area contributed by atoms with E-state index in [0.29, 0.717) is 6.61 Å². The molecule has 0 spiro atoms. The minimum absolute atomic E-state index is 0.434. The van der Waals surface area contributed by atoms with Crippen LogP contribution in [0.4, 0.5) is 4.79 Å². The van der Waals surface area contributed by atoms with Crippen molar-refractivity contribution in [2.45, 2.75) is 20.3 Å². The molecular formula is C16H30N2O3. The molecule has 5 heteroatoms. The maximum absolute atomic E-state index is 10.5. The highest BCUT2D eigenvalue weighted by Crippen LogP contribution is 1.92. The fourth-order valence-corrected chi connectivity index (χ4v) is 1.43. The van der Waals surface area contributed by atoms with Crippen molar-refractivity contribution in [1.29, 1.82) is 0 Å². The third-order valence-electron chi connectivity index (χ3n) is 2.57. The van der Waals surface area contributed by atoms with Gasteiger partial charge in [0.15, 0.2) is 0 Å². The monoisotopic (exact) mass is 298 g/mol. The average Bonchev–Trinajstić information content (AvgIpc) is 2.58. The fraction of sp³-hybridized carbons (Fsp3) is 0.562. The number of benzene rings is 1. The molecule has 0 unspecified atom stereocenters. The van der Waals surface area contributed by atoms with Crippen molar-refractivity contribution < 1.29 is 14.3 Å². The Hall–Kier alpha value is -1.59. The van der Waals surface area contributed by atoms with E-state index in [-0.39, 0.29) is 0 Å². The number of ether oxygens (including phenoxy) is 2. The van der Waals surface area contributed by atoms with Crippen molar-refractivity contribution in [3.05, 3.63) is 36.4 Å². The Kier molecular flexibility index (Phi) is 19.0. The van der Waals surface area contributed by atoms with Gasteiger partial charge in [0.05, 0.1) is 13.7 Å². The highest BCUT2D eigenvalue weighted by Gasteiger charge is 2.01. The van der Waals surface area contributed by atoms with E-state index in [1.54, 1.807) is 0 Å². The first kappa shape index (κ1) is 21.7. The van der Waals surface area contributed by atoms with Crippen LogP contribution in [-0.4, -0.2) is 51.5 Å². The molecule has 0 radical (unpaired) electrons. The molecule has 0 aliphatic carbocycles. The highest BCUT2D eigenvalue weighted by atomic mass is 16.7. The number of hydrogen-bond acceptors (Lipinski definition) is 5. The first-order valence-corrected chi connectivity index (χ1v) is 7.25. The predicted molar refractivity (Wildman–Crippen MR) is 87.3 cm³/mol. The van der Waals surface area contributed by atoms with Crippen LogP contribution in [0, 0.1) is 0 Å². The molecule has 2 N–H and O–H groups in total. The maximum Gasteiger partial charge on any atom is 0.507 e. The Balaban J connectivity index is 0. The molecule has 1 aromatic carbocycles. The second kappa shape index (κ2) is 18.4. The summed E-state index contributed by atoms with van der Waals surface area (Å²) in [5, 5.41) is 0. The van der Waals surface area contributed by atoms with E-state index in [9.17, 15) is 4.79 Å². The van der Waals surface area contributed by atoms with Crippen molar-refractivity contribution in [2.24, 2.45) is 5.73 Å².